The Balaban J connectivity index is 1.87. The number of benzene rings is 2. The standard InChI is InChI=1S/C31H35F5N2O4/c1-18-25(21-12-13-22(32)26(33)28(21)40-6)29(42-30(18,3)31(34,35)36)23-16-24(41-17-20-10-8-7-9-11-20)27(19(2)37-23)38(4)14-15-39-5/h7-13,16,18,25,29H,14-15,17H2,1-6H3/t18-,25-,29-,30+/m0/s1. The molecule has 1 aromatic heterocycles. The van der Waals surface area contributed by atoms with E-state index in [0.29, 0.717) is 30.3 Å². The van der Waals surface area contributed by atoms with Crippen LogP contribution in [-0.4, -0.2) is 51.2 Å². The normalized spacial score (nSPS) is 22.3. The molecule has 6 nitrogen and oxygen atoms in total. The van der Waals surface area contributed by atoms with Crippen molar-refractivity contribution in [1.82, 2.24) is 4.98 Å². The number of ether oxygens (including phenoxy) is 4. The molecule has 0 radical (unpaired) electrons. The van der Waals surface area contributed by atoms with Crippen molar-refractivity contribution in [2.45, 2.75) is 51.2 Å². The maximum absolute atomic E-state index is 14.8. The molecule has 0 aliphatic carbocycles. The van der Waals surface area contributed by atoms with Gasteiger partial charge in [-0.15, -0.1) is 0 Å². The molecule has 11 heteroatoms. The average molecular weight is 595 g/mol. The average Bonchev–Trinajstić information content (AvgIpc) is 3.23. The second-order valence-electron chi connectivity index (χ2n) is 10.6. The molecule has 0 unspecified atom stereocenters. The van der Waals surface area contributed by atoms with Crippen LogP contribution in [-0.2, 0) is 16.1 Å². The predicted octanol–water partition coefficient (Wildman–Crippen LogP) is 7.15. The third-order valence-electron chi connectivity index (χ3n) is 8.01. The van der Waals surface area contributed by atoms with Crippen LogP contribution in [0.4, 0.5) is 27.6 Å². The highest BCUT2D eigenvalue weighted by molar-refractivity contribution is 5.62. The number of methoxy groups -OCH3 is 2. The number of halogens is 5. The highest BCUT2D eigenvalue weighted by Crippen LogP contribution is 2.59. The number of hydrogen-bond acceptors (Lipinski definition) is 6. The molecule has 3 aromatic rings. The van der Waals surface area contributed by atoms with Gasteiger partial charge >= 0.3 is 6.18 Å². The van der Waals surface area contributed by atoms with Crippen molar-refractivity contribution < 1.29 is 40.9 Å². The van der Waals surface area contributed by atoms with Gasteiger partial charge in [-0.25, -0.2) is 4.39 Å². The third kappa shape index (κ3) is 5.89. The highest BCUT2D eigenvalue weighted by Gasteiger charge is 2.65. The Morgan fingerprint density at radius 3 is 2.38 bits per heavy atom. The van der Waals surface area contributed by atoms with Crippen LogP contribution < -0.4 is 14.4 Å². The van der Waals surface area contributed by atoms with Crippen LogP contribution in [0, 0.1) is 24.5 Å². The van der Waals surface area contributed by atoms with Crippen molar-refractivity contribution in [3.8, 4) is 11.5 Å². The van der Waals surface area contributed by atoms with Crippen molar-refractivity contribution >= 4 is 5.69 Å². The van der Waals surface area contributed by atoms with E-state index in [-0.39, 0.29) is 17.9 Å². The number of aromatic nitrogens is 1. The van der Waals surface area contributed by atoms with Gasteiger partial charge in [-0.2, -0.15) is 17.6 Å². The van der Waals surface area contributed by atoms with Gasteiger partial charge in [-0.1, -0.05) is 43.3 Å². The fraction of sp³-hybridized carbons (Fsp3) is 0.452. The maximum Gasteiger partial charge on any atom is 0.417 e. The van der Waals surface area contributed by atoms with E-state index in [0.717, 1.165) is 25.7 Å². The lowest BCUT2D eigenvalue weighted by Crippen LogP contribution is -2.46. The van der Waals surface area contributed by atoms with Gasteiger partial charge in [0.15, 0.2) is 17.2 Å². The van der Waals surface area contributed by atoms with Crippen molar-refractivity contribution in [2.75, 3.05) is 39.3 Å². The number of rotatable bonds is 10. The minimum Gasteiger partial charge on any atom is -0.493 e. The molecule has 0 N–H and O–H groups in total. The monoisotopic (exact) mass is 594 g/mol. The lowest BCUT2D eigenvalue weighted by atomic mass is 9.76. The zero-order valence-electron chi connectivity index (χ0n) is 24.4. The van der Waals surface area contributed by atoms with Crippen LogP contribution >= 0.6 is 0 Å². The minimum atomic E-state index is -4.77. The summed E-state index contributed by atoms with van der Waals surface area (Å²) in [6, 6.07) is 13.1. The van der Waals surface area contributed by atoms with E-state index in [9.17, 15) is 22.0 Å². The van der Waals surface area contributed by atoms with E-state index in [4.69, 9.17) is 18.9 Å². The molecule has 1 aliphatic heterocycles. The van der Waals surface area contributed by atoms with Crippen LogP contribution in [0.1, 0.15) is 48.4 Å². The first-order valence-corrected chi connectivity index (χ1v) is 13.5. The summed E-state index contributed by atoms with van der Waals surface area (Å²) in [5, 5.41) is 0. The second-order valence-corrected chi connectivity index (χ2v) is 10.6. The van der Waals surface area contributed by atoms with E-state index in [1.165, 1.54) is 13.0 Å². The van der Waals surface area contributed by atoms with Crippen molar-refractivity contribution in [2.24, 2.45) is 5.92 Å². The molecule has 0 amide bonds. The first kappa shape index (κ1) is 31.5. The first-order valence-electron chi connectivity index (χ1n) is 13.5. The van der Waals surface area contributed by atoms with E-state index in [2.05, 4.69) is 4.98 Å². The Morgan fingerprint density at radius 2 is 1.76 bits per heavy atom. The zero-order valence-corrected chi connectivity index (χ0v) is 24.4. The van der Waals surface area contributed by atoms with Gasteiger partial charge in [0.2, 0.25) is 5.82 Å². The molecule has 0 spiro atoms. The van der Waals surface area contributed by atoms with Crippen LogP contribution in [0.15, 0.2) is 48.5 Å². The van der Waals surface area contributed by atoms with Gasteiger partial charge in [0.05, 0.1) is 25.1 Å². The molecule has 1 saturated heterocycles. The summed E-state index contributed by atoms with van der Waals surface area (Å²) in [7, 11) is 4.56. The number of aryl methyl sites for hydroxylation is 1. The lowest BCUT2D eigenvalue weighted by molar-refractivity contribution is -0.275. The first-order chi connectivity index (χ1) is 19.8. The fourth-order valence-corrected chi connectivity index (χ4v) is 5.52. The van der Waals surface area contributed by atoms with E-state index < -0.39 is 47.1 Å². The highest BCUT2D eigenvalue weighted by atomic mass is 19.4. The summed E-state index contributed by atoms with van der Waals surface area (Å²) in [4.78, 5) is 6.58. The molecule has 4 atom stereocenters. The Labute approximate surface area is 242 Å². The number of anilines is 1. The molecular formula is C31H35F5N2O4. The van der Waals surface area contributed by atoms with Crippen LogP contribution in [0.5, 0.6) is 11.5 Å². The van der Waals surface area contributed by atoms with Crippen molar-refractivity contribution in [1.29, 1.82) is 0 Å². The van der Waals surface area contributed by atoms with E-state index in [1.807, 2.05) is 42.3 Å². The molecule has 0 saturated carbocycles. The third-order valence-corrected chi connectivity index (χ3v) is 8.01. The lowest BCUT2D eigenvalue weighted by Gasteiger charge is -2.32. The van der Waals surface area contributed by atoms with Crippen LogP contribution in [0.3, 0.4) is 0 Å². The van der Waals surface area contributed by atoms with Gasteiger partial charge < -0.3 is 23.8 Å². The molecule has 2 heterocycles. The van der Waals surface area contributed by atoms with Gasteiger partial charge in [0.25, 0.3) is 0 Å². The summed E-state index contributed by atoms with van der Waals surface area (Å²) in [6.45, 7) is 5.18. The summed E-state index contributed by atoms with van der Waals surface area (Å²) in [6.07, 6.45) is -6.06. The topological polar surface area (TPSA) is 53.1 Å². The number of likely N-dealkylation sites (N-methyl/N-ethyl adjacent to an activating group) is 1. The minimum absolute atomic E-state index is 0.0503. The van der Waals surface area contributed by atoms with Gasteiger partial charge in [0, 0.05) is 44.2 Å². The predicted molar refractivity (Wildman–Crippen MR) is 148 cm³/mol. The summed E-state index contributed by atoms with van der Waals surface area (Å²) >= 11 is 0. The Hall–Kier alpha value is -3.44. The number of pyridine rings is 1. The summed E-state index contributed by atoms with van der Waals surface area (Å²) in [5.41, 5.74) is -0.392. The molecular weight excluding hydrogens is 559 g/mol. The molecule has 2 aromatic carbocycles. The number of nitrogens with zero attached hydrogens (tertiary/aromatic N) is 2. The summed E-state index contributed by atoms with van der Waals surface area (Å²) in [5.74, 6) is -4.86. The largest absolute Gasteiger partial charge is 0.493 e. The smallest absolute Gasteiger partial charge is 0.417 e. The fourth-order valence-electron chi connectivity index (χ4n) is 5.52. The van der Waals surface area contributed by atoms with Crippen molar-refractivity contribution in [3.63, 3.8) is 0 Å². The number of hydrogen-bond donors (Lipinski definition) is 0. The second kappa shape index (κ2) is 12.4. The SMILES string of the molecule is COCCN(C)c1c(OCc2ccccc2)cc([C@@H]2O[C@@](C)(C(F)(F)F)[C@@H](C)[C@H]2c2ccc(F)c(F)c2OC)nc1C. The van der Waals surface area contributed by atoms with Crippen molar-refractivity contribution in [3.05, 3.63) is 82.7 Å². The Morgan fingerprint density at radius 1 is 1.07 bits per heavy atom. The molecule has 1 aliphatic rings. The van der Waals surface area contributed by atoms with E-state index in [1.54, 1.807) is 20.1 Å². The molecule has 1 fully saturated rings. The van der Waals surface area contributed by atoms with Crippen LogP contribution in [0.2, 0.25) is 0 Å². The van der Waals surface area contributed by atoms with Gasteiger partial charge in [0.1, 0.15) is 24.1 Å². The number of alkyl halides is 3. The van der Waals surface area contributed by atoms with Gasteiger partial charge in [-0.05, 0) is 25.5 Å². The summed E-state index contributed by atoms with van der Waals surface area (Å²) < 4.78 is 94.9. The Kier molecular flexibility index (Phi) is 9.32. The van der Waals surface area contributed by atoms with E-state index >= 15 is 0 Å². The van der Waals surface area contributed by atoms with Crippen LogP contribution in [0.25, 0.3) is 0 Å². The quantitative estimate of drug-likeness (QED) is 0.233. The molecule has 42 heavy (non-hydrogen) atoms. The zero-order chi connectivity index (χ0) is 30.8. The molecule has 4 rings (SSSR count). The molecule has 228 valence electrons. The van der Waals surface area contributed by atoms with Gasteiger partial charge in [-0.3, -0.25) is 4.98 Å². The maximum atomic E-state index is 14.8. The molecule has 0 bridgehead atoms. The Bertz CT molecular complexity index is 1390.